The Bertz CT molecular complexity index is 466. The zero-order valence-corrected chi connectivity index (χ0v) is 8.52. The van der Waals surface area contributed by atoms with Gasteiger partial charge >= 0.3 is 0 Å². The number of hydrogen-bond acceptors (Lipinski definition) is 1. The van der Waals surface area contributed by atoms with E-state index < -0.39 is 0 Å². The number of aromatic nitrogens is 1. The highest BCUT2D eigenvalue weighted by molar-refractivity contribution is 6.39. The Morgan fingerprint density at radius 3 is 2.69 bits per heavy atom. The summed E-state index contributed by atoms with van der Waals surface area (Å²) in [6.45, 7) is 1.90. The lowest BCUT2D eigenvalue weighted by Crippen LogP contribution is -1.85. The monoisotopic (exact) mass is 211 g/mol. The van der Waals surface area contributed by atoms with Crippen LogP contribution in [-0.4, -0.2) is 4.98 Å². The topological polar surface area (TPSA) is 12.9 Å². The van der Waals surface area contributed by atoms with Gasteiger partial charge in [0.15, 0.2) is 0 Å². The summed E-state index contributed by atoms with van der Waals surface area (Å²) >= 11 is 12.0. The molecule has 0 radical (unpaired) electrons. The van der Waals surface area contributed by atoms with Gasteiger partial charge in [-0.05, 0) is 19.1 Å². The second-order valence-electron chi connectivity index (χ2n) is 2.88. The molecule has 0 saturated carbocycles. The summed E-state index contributed by atoms with van der Waals surface area (Å²) in [6.07, 6.45) is 0. The van der Waals surface area contributed by atoms with E-state index in [2.05, 4.69) is 4.98 Å². The number of nitrogens with zero attached hydrogens (tertiary/aromatic N) is 1. The minimum atomic E-state index is 0.642. The Kier molecular flexibility index (Phi) is 2.14. The molecule has 0 spiro atoms. The molecule has 3 heteroatoms. The first kappa shape index (κ1) is 8.79. The van der Waals surface area contributed by atoms with Gasteiger partial charge in [0.2, 0.25) is 0 Å². The third-order valence-corrected chi connectivity index (χ3v) is 2.49. The molecule has 1 aromatic carbocycles. The van der Waals surface area contributed by atoms with Crippen LogP contribution in [0.25, 0.3) is 10.9 Å². The second kappa shape index (κ2) is 3.17. The molecule has 0 aliphatic heterocycles. The molecule has 1 heterocycles. The van der Waals surface area contributed by atoms with Crippen molar-refractivity contribution in [2.24, 2.45) is 0 Å². The smallest absolute Gasteiger partial charge is 0.0906 e. The first-order chi connectivity index (χ1) is 6.18. The highest BCUT2D eigenvalue weighted by Crippen LogP contribution is 2.27. The van der Waals surface area contributed by atoms with Crippen molar-refractivity contribution in [1.29, 1.82) is 0 Å². The number of para-hydroxylation sites is 1. The fraction of sp³-hybridized carbons (Fsp3) is 0.100. The van der Waals surface area contributed by atoms with Crippen molar-refractivity contribution in [3.05, 3.63) is 40.0 Å². The molecule has 0 amide bonds. The number of hydrogen-bond donors (Lipinski definition) is 0. The van der Waals surface area contributed by atoms with E-state index in [0.717, 1.165) is 16.6 Å². The number of halogens is 2. The molecule has 2 rings (SSSR count). The van der Waals surface area contributed by atoms with E-state index in [1.54, 1.807) is 0 Å². The fourth-order valence-electron chi connectivity index (χ4n) is 1.29. The largest absolute Gasteiger partial charge is 0.251 e. The molecule has 0 fully saturated rings. The van der Waals surface area contributed by atoms with Crippen molar-refractivity contribution in [3.8, 4) is 0 Å². The average Bonchev–Trinajstić information content (AvgIpc) is 2.07. The molecule has 1 aromatic heterocycles. The Balaban J connectivity index is 2.94. The molecule has 0 saturated heterocycles. The number of fused-ring (bicyclic) bond motifs is 1. The summed E-state index contributed by atoms with van der Waals surface area (Å²) in [5, 5.41) is 2.24. The maximum absolute atomic E-state index is 6.04. The lowest BCUT2D eigenvalue weighted by molar-refractivity contribution is 1.26. The zero-order valence-electron chi connectivity index (χ0n) is 7.01. The SMILES string of the molecule is Cc1cc(Cl)c2cccc(Cl)c2n1. The van der Waals surface area contributed by atoms with Gasteiger partial charge in [-0.15, -0.1) is 0 Å². The van der Waals surface area contributed by atoms with Crippen LogP contribution in [0.1, 0.15) is 5.69 Å². The lowest BCUT2D eigenvalue weighted by atomic mass is 10.2. The summed E-state index contributed by atoms with van der Waals surface area (Å²) < 4.78 is 0. The molecule has 66 valence electrons. The number of benzene rings is 1. The minimum absolute atomic E-state index is 0.642. The van der Waals surface area contributed by atoms with Crippen molar-refractivity contribution < 1.29 is 0 Å². The van der Waals surface area contributed by atoms with E-state index in [4.69, 9.17) is 23.2 Å². The van der Waals surface area contributed by atoms with Crippen LogP contribution in [0.2, 0.25) is 10.0 Å². The number of pyridine rings is 1. The quantitative estimate of drug-likeness (QED) is 0.646. The fourth-order valence-corrected chi connectivity index (χ4v) is 1.82. The summed E-state index contributed by atoms with van der Waals surface area (Å²) in [6, 6.07) is 7.43. The number of rotatable bonds is 0. The minimum Gasteiger partial charge on any atom is -0.251 e. The molecule has 0 aliphatic carbocycles. The molecular formula is C10H7Cl2N. The number of aryl methyl sites for hydroxylation is 1. The first-order valence-electron chi connectivity index (χ1n) is 3.90. The summed E-state index contributed by atoms with van der Waals surface area (Å²) in [5.41, 5.74) is 1.65. The molecule has 0 N–H and O–H groups in total. The van der Waals surface area contributed by atoms with E-state index in [9.17, 15) is 0 Å². The molecule has 2 aromatic rings. The molecule has 0 atom stereocenters. The van der Waals surface area contributed by atoms with Crippen LogP contribution >= 0.6 is 23.2 Å². The standard InChI is InChI=1S/C10H7Cl2N/c1-6-5-9(12)7-3-2-4-8(11)10(7)13-6/h2-5H,1H3. The summed E-state index contributed by atoms with van der Waals surface area (Å²) in [4.78, 5) is 4.32. The van der Waals surface area contributed by atoms with Gasteiger partial charge in [-0.25, -0.2) is 0 Å². The van der Waals surface area contributed by atoms with E-state index in [-0.39, 0.29) is 0 Å². The van der Waals surface area contributed by atoms with Crippen molar-refractivity contribution in [1.82, 2.24) is 4.98 Å². The molecule has 0 bridgehead atoms. The second-order valence-corrected chi connectivity index (χ2v) is 3.70. The Morgan fingerprint density at radius 1 is 1.15 bits per heavy atom. The first-order valence-corrected chi connectivity index (χ1v) is 4.65. The van der Waals surface area contributed by atoms with Crippen LogP contribution in [0.15, 0.2) is 24.3 Å². The highest BCUT2D eigenvalue weighted by atomic mass is 35.5. The maximum Gasteiger partial charge on any atom is 0.0906 e. The van der Waals surface area contributed by atoms with Crippen molar-refractivity contribution in [2.45, 2.75) is 6.92 Å². The Labute approximate surface area is 86.3 Å². The molecule has 0 aliphatic rings. The van der Waals surface area contributed by atoms with Gasteiger partial charge in [-0.1, -0.05) is 35.3 Å². The van der Waals surface area contributed by atoms with E-state index in [0.29, 0.717) is 10.0 Å². The summed E-state index contributed by atoms with van der Waals surface area (Å²) in [5.74, 6) is 0. The van der Waals surface area contributed by atoms with Crippen LogP contribution in [0, 0.1) is 6.92 Å². The molecule has 0 unspecified atom stereocenters. The molecular weight excluding hydrogens is 205 g/mol. The van der Waals surface area contributed by atoms with Crippen molar-refractivity contribution in [3.63, 3.8) is 0 Å². The van der Waals surface area contributed by atoms with Crippen LogP contribution in [0.4, 0.5) is 0 Å². The van der Waals surface area contributed by atoms with Gasteiger partial charge in [-0.2, -0.15) is 0 Å². The van der Waals surface area contributed by atoms with Gasteiger partial charge < -0.3 is 0 Å². The van der Waals surface area contributed by atoms with Crippen LogP contribution in [0.3, 0.4) is 0 Å². The predicted molar refractivity (Wildman–Crippen MR) is 56.5 cm³/mol. The molecule has 13 heavy (non-hydrogen) atoms. The van der Waals surface area contributed by atoms with E-state index >= 15 is 0 Å². The third-order valence-electron chi connectivity index (χ3n) is 1.87. The summed E-state index contributed by atoms with van der Waals surface area (Å²) in [7, 11) is 0. The van der Waals surface area contributed by atoms with Crippen LogP contribution < -0.4 is 0 Å². The van der Waals surface area contributed by atoms with Crippen molar-refractivity contribution >= 4 is 34.1 Å². The maximum atomic E-state index is 6.04. The average molecular weight is 212 g/mol. The van der Waals surface area contributed by atoms with Gasteiger partial charge in [0.05, 0.1) is 15.6 Å². The van der Waals surface area contributed by atoms with E-state index in [1.807, 2.05) is 31.2 Å². The van der Waals surface area contributed by atoms with Crippen LogP contribution in [-0.2, 0) is 0 Å². The Hall–Kier alpha value is -0.790. The third kappa shape index (κ3) is 1.50. The van der Waals surface area contributed by atoms with Crippen LogP contribution in [0.5, 0.6) is 0 Å². The lowest BCUT2D eigenvalue weighted by Gasteiger charge is -2.02. The predicted octanol–water partition coefficient (Wildman–Crippen LogP) is 3.85. The van der Waals surface area contributed by atoms with Gasteiger partial charge in [-0.3, -0.25) is 4.98 Å². The normalized spacial score (nSPS) is 10.7. The Morgan fingerprint density at radius 2 is 1.92 bits per heavy atom. The van der Waals surface area contributed by atoms with Gasteiger partial charge in [0.1, 0.15) is 0 Å². The zero-order chi connectivity index (χ0) is 9.42. The van der Waals surface area contributed by atoms with Gasteiger partial charge in [0, 0.05) is 11.1 Å². The molecule has 1 nitrogen and oxygen atoms in total. The van der Waals surface area contributed by atoms with E-state index in [1.165, 1.54) is 0 Å². The van der Waals surface area contributed by atoms with Crippen molar-refractivity contribution in [2.75, 3.05) is 0 Å². The highest BCUT2D eigenvalue weighted by Gasteiger charge is 2.04. The van der Waals surface area contributed by atoms with Gasteiger partial charge in [0.25, 0.3) is 0 Å².